The lowest BCUT2D eigenvalue weighted by atomic mass is 9.94. The van der Waals surface area contributed by atoms with Crippen molar-refractivity contribution in [2.45, 2.75) is 45.2 Å². The third-order valence-electron chi connectivity index (χ3n) is 3.08. The fourth-order valence-corrected chi connectivity index (χ4v) is 3.17. The molecule has 1 rings (SSSR count). The molecule has 0 aromatic carbocycles. The van der Waals surface area contributed by atoms with Gasteiger partial charge in [0.05, 0.1) is 6.33 Å². The lowest BCUT2D eigenvalue weighted by Gasteiger charge is -2.17. The molecule has 0 aliphatic heterocycles. The maximum atomic E-state index is 12.1. The Labute approximate surface area is 125 Å². The molecule has 1 atom stereocenters. The summed E-state index contributed by atoms with van der Waals surface area (Å²) in [4.78, 5) is 14.7. The van der Waals surface area contributed by atoms with Gasteiger partial charge in [-0.05, 0) is 25.2 Å². The first-order valence-electron chi connectivity index (χ1n) is 6.97. The molecule has 0 aliphatic carbocycles. The van der Waals surface area contributed by atoms with Crippen molar-refractivity contribution in [3.05, 3.63) is 12.5 Å². The first-order valence-corrected chi connectivity index (χ1v) is 8.46. The Morgan fingerprint density at radius 1 is 1.48 bits per heavy atom. The Morgan fingerprint density at radius 2 is 2.14 bits per heavy atom. The number of carbonyl (C=O) groups is 1. The Morgan fingerprint density at radius 3 is 2.62 bits per heavy atom. The molecule has 21 heavy (non-hydrogen) atoms. The molecule has 0 radical (unpaired) electrons. The summed E-state index contributed by atoms with van der Waals surface area (Å²) >= 11 is 0. The fraction of sp³-hybridized carbons (Fsp3) is 0.692. The highest BCUT2D eigenvalue weighted by Gasteiger charge is 2.21. The van der Waals surface area contributed by atoms with E-state index in [2.05, 4.69) is 9.71 Å². The van der Waals surface area contributed by atoms with Crippen molar-refractivity contribution in [2.24, 2.45) is 11.8 Å². The van der Waals surface area contributed by atoms with E-state index in [1.807, 2.05) is 20.8 Å². The summed E-state index contributed by atoms with van der Waals surface area (Å²) in [5.74, 6) is -0.848. The summed E-state index contributed by atoms with van der Waals surface area (Å²) in [7, 11) is -3.69. The van der Waals surface area contributed by atoms with Gasteiger partial charge in [-0.1, -0.05) is 13.8 Å². The van der Waals surface area contributed by atoms with E-state index in [0.29, 0.717) is 18.9 Å². The van der Waals surface area contributed by atoms with Crippen LogP contribution in [0.15, 0.2) is 17.6 Å². The van der Waals surface area contributed by atoms with E-state index < -0.39 is 16.0 Å². The van der Waals surface area contributed by atoms with Gasteiger partial charge in [-0.2, -0.15) is 0 Å². The van der Waals surface area contributed by atoms with E-state index in [-0.39, 0.29) is 23.9 Å². The standard InChI is InChI=1S/C13H23N3O4S/c1-4-16-8-12(14-9-16)21(19,20)15-7-11(5-10(2)3)6-13(17)18/h8-11,15H,4-7H2,1-3H3,(H,17,18)/t11-/m0/s1. The van der Waals surface area contributed by atoms with Crippen molar-refractivity contribution in [2.75, 3.05) is 6.54 Å². The van der Waals surface area contributed by atoms with Gasteiger partial charge in [-0.3, -0.25) is 4.79 Å². The number of sulfonamides is 1. The molecule has 8 heteroatoms. The van der Waals surface area contributed by atoms with Crippen LogP contribution in [0.25, 0.3) is 0 Å². The number of nitrogens with one attached hydrogen (secondary N) is 1. The molecular formula is C13H23N3O4S. The van der Waals surface area contributed by atoms with E-state index in [1.54, 1.807) is 4.57 Å². The van der Waals surface area contributed by atoms with E-state index in [9.17, 15) is 13.2 Å². The Bertz CT molecular complexity index is 566. The van der Waals surface area contributed by atoms with E-state index in [1.165, 1.54) is 12.5 Å². The lowest BCUT2D eigenvalue weighted by molar-refractivity contribution is -0.138. The number of carboxylic acids is 1. The van der Waals surface area contributed by atoms with Gasteiger partial charge < -0.3 is 9.67 Å². The Balaban J connectivity index is 2.70. The van der Waals surface area contributed by atoms with Crippen LogP contribution in [0.4, 0.5) is 0 Å². The zero-order valence-electron chi connectivity index (χ0n) is 12.6. The van der Waals surface area contributed by atoms with Gasteiger partial charge in [-0.15, -0.1) is 0 Å². The first-order chi connectivity index (χ1) is 9.74. The molecule has 0 amide bonds. The Kier molecular flexibility index (Phi) is 6.35. The topological polar surface area (TPSA) is 101 Å². The molecule has 120 valence electrons. The molecule has 0 saturated carbocycles. The van der Waals surface area contributed by atoms with Crippen LogP contribution in [0.3, 0.4) is 0 Å². The minimum atomic E-state index is -3.69. The first kappa shape index (κ1) is 17.6. The van der Waals surface area contributed by atoms with Crippen LogP contribution in [0.1, 0.15) is 33.6 Å². The van der Waals surface area contributed by atoms with Gasteiger partial charge in [0.1, 0.15) is 0 Å². The minimum absolute atomic E-state index is 0.0389. The van der Waals surface area contributed by atoms with Crippen LogP contribution in [-0.2, 0) is 21.4 Å². The third-order valence-corrected chi connectivity index (χ3v) is 4.39. The predicted octanol–water partition coefficient (Wildman–Crippen LogP) is 1.32. The Hall–Kier alpha value is -1.41. The average Bonchev–Trinajstić information content (AvgIpc) is 2.84. The number of aryl methyl sites for hydroxylation is 1. The van der Waals surface area contributed by atoms with Gasteiger partial charge in [0.15, 0.2) is 5.03 Å². The van der Waals surface area contributed by atoms with Crippen LogP contribution in [-0.4, -0.2) is 35.6 Å². The van der Waals surface area contributed by atoms with Crippen molar-refractivity contribution in [1.82, 2.24) is 14.3 Å². The normalized spacial score (nSPS) is 13.5. The molecule has 0 bridgehead atoms. The molecule has 1 aromatic heterocycles. The monoisotopic (exact) mass is 317 g/mol. The summed E-state index contributed by atoms with van der Waals surface area (Å²) in [6, 6.07) is 0. The average molecular weight is 317 g/mol. The third kappa shape index (κ3) is 5.84. The summed E-state index contributed by atoms with van der Waals surface area (Å²) in [5, 5.41) is 8.85. The molecule has 0 unspecified atom stereocenters. The van der Waals surface area contributed by atoms with Crippen LogP contribution >= 0.6 is 0 Å². The van der Waals surface area contributed by atoms with Crippen molar-refractivity contribution in [3.63, 3.8) is 0 Å². The maximum absolute atomic E-state index is 12.1. The molecule has 0 spiro atoms. The van der Waals surface area contributed by atoms with Crippen LogP contribution in [0.2, 0.25) is 0 Å². The largest absolute Gasteiger partial charge is 0.481 e. The zero-order chi connectivity index (χ0) is 16.0. The smallest absolute Gasteiger partial charge is 0.303 e. The lowest BCUT2D eigenvalue weighted by Crippen LogP contribution is -2.31. The number of aliphatic carboxylic acids is 1. The van der Waals surface area contributed by atoms with Gasteiger partial charge in [-0.25, -0.2) is 18.1 Å². The summed E-state index contributed by atoms with van der Waals surface area (Å²) in [6.45, 7) is 6.58. The van der Waals surface area contributed by atoms with Gasteiger partial charge >= 0.3 is 5.97 Å². The summed E-state index contributed by atoms with van der Waals surface area (Å²) in [6.07, 6.45) is 3.51. The highest BCUT2D eigenvalue weighted by molar-refractivity contribution is 7.89. The molecule has 7 nitrogen and oxygen atoms in total. The quantitative estimate of drug-likeness (QED) is 0.715. The number of hydrogen-bond donors (Lipinski definition) is 2. The van der Waals surface area contributed by atoms with Crippen molar-refractivity contribution >= 4 is 16.0 Å². The summed E-state index contributed by atoms with van der Waals surface area (Å²) in [5.41, 5.74) is 0. The van der Waals surface area contributed by atoms with Gasteiger partial charge in [0.2, 0.25) is 0 Å². The molecular weight excluding hydrogens is 294 g/mol. The number of nitrogens with zero attached hydrogens (tertiary/aromatic N) is 2. The SMILES string of the molecule is CCn1cnc(S(=O)(=O)NC[C@H](CC(=O)O)CC(C)C)c1. The van der Waals surface area contributed by atoms with Crippen molar-refractivity contribution in [1.29, 1.82) is 0 Å². The van der Waals surface area contributed by atoms with Crippen LogP contribution < -0.4 is 4.72 Å². The molecule has 0 saturated heterocycles. The van der Waals surface area contributed by atoms with E-state index >= 15 is 0 Å². The predicted molar refractivity (Wildman–Crippen MR) is 78.3 cm³/mol. The van der Waals surface area contributed by atoms with Gasteiger partial charge in [0.25, 0.3) is 10.0 Å². The number of aromatic nitrogens is 2. The molecule has 1 aromatic rings. The summed E-state index contributed by atoms with van der Waals surface area (Å²) < 4.78 is 28.3. The molecule has 0 aliphatic rings. The fourth-order valence-electron chi connectivity index (χ4n) is 2.11. The van der Waals surface area contributed by atoms with Gasteiger partial charge in [0, 0.05) is 25.7 Å². The van der Waals surface area contributed by atoms with Crippen LogP contribution in [0, 0.1) is 11.8 Å². The number of carboxylic acid groups (broad SMARTS) is 1. The van der Waals surface area contributed by atoms with Crippen molar-refractivity contribution in [3.8, 4) is 0 Å². The number of rotatable bonds is 9. The van der Waals surface area contributed by atoms with Crippen LogP contribution in [0.5, 0.6) is 0 Å². The number of imidazole rings is 1. The number of hydrogen-bond acceptors (Lipinski definition) is 4. The highest BCUT2D eigenvalue weighted by Crippen LogP contribution is 2.16. The maximum Gasteiger partial charge on any atom is 0.303 e. The van der Waals surface area contributed by atoms with Crippen molar-refractivity contribution < 1.29 is 18.3 Å². The zero-order valence-corrected chi connectivity index (χ0v) is 13.4. The highest BCUT2D eigenvalue weighted by atomic mass is 32.2. The minimum Gasteiger partial charge on any atom is -0.481 e. The second-order valence-corrected chi connectivity index (χ2v) is 7.20. The molecule has 0 fully saturated rings. The molecule has 2 N–H and O–H groups in total. The van der Waals surface area contributed by atoms with E-state index in [0.717, 1.165) is 0 Å². The second-order valence-electron chi connectivity index (χ2n) is 5.49. The second kappa shape index (κ2) is 7.56. The molecule has 1 heterocycles. The van der Waals surface area contributed by atoms with E-state index in [4.69, 9.17) is 5.11 Å².